The maximum absolute atomic E-state index is 12.0. The van der Waals surface area contributed by atoms with Crippen LogP contribution in [-0.2, 0) is 20.9 Å². The summed E-state index contributed by atoms with van der Waals surface area (Å²) in [6.45, 7) is 1.11. The Balaban J connectivity index is 1.74. The van der Waals surface area contributed by atoms with Crippen LogP contribution < -0.4 is 10.1 Å². The minimum Gasteiger partial charge on any atom is -0.488 e. The van der Waals surface area contributed by atoms with E-state index < -0.39 is 24.4 Å². The molecule has 1 N–H and O–H groups in total. The van der Waals surface area contributed by atoms with Crippen LogP contribution in [0.1, 0.15) is 22.2 Å². The number of imide groups is 1. The maximum atomic E-state index is 12.0. The van der Waals surface area contributed by atoms with Crippen molar-refractivity contribution in [3.63, 3.8) is 0 Å². The number of thiophene rings is 1. The average Bonchev–Trinajstić information content (AvgIpc) is 2.96. The van der Waals surface area contributed by atoms with Gasteiger partial charge in [0.05, 0.1) is 0 Å². The summed E-state index contributed by atoms with van der Waals surface area (Å²) < 4.78 is 10.6. The van der Waals surface area contributed by atoms with Gasteiger partial charge in [0.15, 0.2) is 6.61 Å². The Morgan fingerprint density at radius 3 is 2.87 bits per heavy atom. The number of nitrogens with one attached hydrogen (secondary N) is 1. The van der Waals surface area contributed by atoms with Crippen LogP contribution in [0.15, 0.2) is 30.3 Å². The molecular weight excluding hydrogens is 318 g/mol. The standard InChI is InChI=1S/C16H13NO5S/c1-9(18)17-14(19)8-22-16(20)13-6-10-7-21-12-5-3-2-4-11(12)15(10)23-13/h2-6H,7-8H2,1H3,(H,17,18,19). The molecule has 1 aromatic carbocycles. The fraction of sp³-hybridized carbons (Fsp3) is 0.188. The summed E-state index contributed by atoms with van der Waals surface area (Å²) in [7, 11) is 0. The number of esters is 1. The predicted molar refractivity (Wildman–Crippen MR) is 83.2 cm³/mol. The molecule has 23 heavy (non-hydrogen) atoms. The highest BCUT2D eigenvalue weighted by Gasteiger charge is 2.23. The van der Waals surface area contributed by atoms with Crippen LogP contribution >= 0.6 is 11.3 Å². The van der Waals surface area contributed by atoms with Gasteiger partial charge in [-0.3, -0.25) is 14.9 Å². The number of carbonyl (C=O) groups excluding carboxylic acids is 3. The van der Waals surface area contributed by atoms with Crippen molar-refractivity contribution in [2.75, 3.05) is 6.61 Å². The summed E-state index contributed by atoms with van der Waals surface area (Å²) in [4.78, 5) is 35.5. The van der Waals surface area contributed by atoms with E-state index in [0.29, 0.717) is 11.5 Å². The lowest BCUT2D eigenvalue weighted by atomic mass is 10.1. The van der Waals surface area contributed by atoms with E-state index in [0.717, 1.165) is 21.8 Å². The van der Waals surface area contributed by atoms with Crippen molar-refractivity contribution in [2.45, 2.75) is 13.5 Å². The molecule has 0 atom stereocenters. The molecule has 3 rings (SSSR count). The SMILES string of the molecule is CC(=O)NC(=O)COC(=O)c1cc2c(s1)-c1ccccc1OC2. The minimum atomic E-state index is -0.652. The second kappa shape index (κ2) is 6.21. The first-order valence-electron chi connectivity index (χ1n) is 6.87. The topological polar surface area (TPSA) is 81.7 Å². The third-order valence-corrected chi connectivity index (χ3v) is 4.37. The van der Waals surface area contributed by atoms with Gasteiger partial charge in [0.25, 0.3) is 5.91 Å². The van der Waals surface area contributed by atoms with Gasteiger partial charge in [0, 0.05) is 22.9 Å². The monoisotopic (exact) mass is 331 g/mol. The van der Waals surface area contributed by atoms with Gasteiger partial charge in [-0.05, 0) is 18.2 Å². The number of hydrogen-bond donors (Lipinski definition) is 1. The molecule has 0 aliphatic carbocycles. The van der Waals surface area contributed by atoms with E-state index in [-0.39, 0.29) is 0 Å². The Bertz CT molecular complexity index is 796. The average molecular weight is 331 g/mol. The molecule has 0 radical (unpaired) electrons. The molecule has 1 aliphatic rings. The first-order chi connectivity index (χ1) is 11.0. The van der Waals surface area contributed by atoms with Crippen LogP contribution in [0.5, 0.6) is 5.75 Å². The van der Waals surface area contributed by atoms with Crippen LogP contribution in [0.4, 0.5) is 0 Å². The van der Waals surface area contributed by atoms with E-state index in [2.05, 4.69) is 0 Å². The number of benzene rings is 1. The number of fused-ring (bicyclic) bond motifs is 3. The normalized spacial score (nSPS) is 11.7. The van der Waals surface area contributed by atoms with Crippen LogP contribution in [0.2, 0.25) is 0 Å². The highest BCUT2D eigenvalue weighted by atomic mass is 32.1. The van der Waals surface area contributed by atoms with Crippen molar-refractivity contribution in [1.29, 1.82) is 0 Å². The Labute approximate surface area is 136 Å². The molecule has 0 saturated carbocycles. The zero-order valence-electron chi connectivity index (χ0n) is 12.3. The number of para-hydroxylation sites is 1. The molecule has 0 fully saturated rings. The zero-order valence-corrected chi connectivity index (χ0v) is 13.1. The van der Waals surface area contributed by atoms with Crippen molar-refractivity contribution < 1.29 is 23.9 Å². The van der Waals surface area contributed by atoms with E-state index in [1.807, 2.05) is 29.6 Å². The summed E-state index contributed by atoms with van der Waals surface area (Å²) in [6.07, 6.45) is 0. The lowest BCUT2D eigenvalue weighted by Gasteiger charge is -2.16. The molecular formula is C16H13NO5S. The van der Waals surface area contributed by atoms with Crippen LogP contribution in [0.25, 0.3) is 10.4 Å². The summed E-state index contributed by atoms with van der Waals surface area (Å²) in [5.41, 5.74) is 1.85. The highest BCUT2D eigenvalue weighted by Crippen LogP contribution is 2.42. The molecule has 118 valence electrons. The Morgan fingerprint density at radius 2 is 2.09 bits per heavy atom. The third-order valence-electron chi connectivity index (χ3n) is 3.17. The van der Waals surface area contributed by atoms with Crippen molar-refractivity contribution in [1.82, 2.24) is 5.32 Å². The first kappa shape index (κ1) is 15.2. The van der Waals surface area contributed by atoms with Gasteiger partial charge < -0.3 is 9.47 Å². The van der Waals surface area contributed by atoms with Crippen LogP contribution in [0, 0.1) is 0 Å². The van der Waals surface area contributed by atoms with Crippen molar-refractivity contribution in [3.8, 4) is 16.2 Å². The Morgan fingerprint density at radius 1 is 1.30 bits per heavy atom. The number of amides is 2. The van der Waals surface area contributed by atoms with Gasteiger partial charge in [-0.15, -0.1) is 11.3 Å². The molecule has 0 unspecified atom stereocenters. The van der Waals surface area contributed by atoms with E-state index in [1.165, 1.54) is 18.3 Å². The highest BCUT2D eigenvalue weighted by molar-refractivity contribution is 7.17. The summed E-state index contributed by atoms with van der Waals surface area (Å²) in [5.74, 6) is -0.963. The molecule has 2 heterocycles. The lowest BCUT2D eigenvalue weighted by molar-refractivity contribution is -0.131. The minimum absolute atomic E-state index is 0.390. The molecule has 1 aromatic heterocycles. The van der Waals surface area contributed by atoms with Crippen LogP contribution in [0.3, 0.4) is 0 Å². The van der Waals surface area contributed by atoms with Crippen LogP contribution in [-0.4, -0.2) is 24.4 Å². The summed E-state index contributed by atoms with van der Waals surface area (Å²) in [5, 5.41) is 2.04. The number of hydrogen-bond acceptors (Lipinski definition) is 6. The molecule has 2 aromatic rings. The largest absolute Gasteiger partial charge is 0.488 e. The first-order valence-corrected chi connectivity index (χ1v) is 7.68. The number of carbonyl (C=O) groups is 3. The number of rotatable bonds is 3. The fourth-order valence-electron chi connectivity index (χ4n) is 2.23. The summed E-state index contributed by atoms with van der Waals surface area (Å²) in [6, 6.07) is 9.31. The predicted octanol–water partition coefficient (Wildman–Crippen LogP) is 2.13. The van der Waals surface area contributed by atoms with Gasteiger partial charge in [-0.1, -0.05) is 12.1 Å². The van der Waals surface area contributed by atoms with E-state index in [1.54, 1.807) is 6.07 Å². The molecule has 0 bridgehead atoms. The van der Waals surface area contributed by atoms with Gasteiger partial charge in [0.1, 0.15) is 17.2 Å². The Hall–Kier alpha value is -2.67. The van der Waals surface area contributed by atoms with Crippen molar-refractivity contribution in [2.24, 2.45) is 0 Å². The van der Waals surface area contributed by atoms with E-state index in [9.17, 15) is 14.4 Å². The van der Waals surface area contributed by atoms with Gasteiger partial charge >= 0.3 is 5.97 Å². The molecule has 1 aliphatic heterocycles. The fourth-order valence-corrected chi connectivity index (χ4v) is 3.33. The van der Waals surface area contributed by atoms with Gasteiger partial charge in [0.2, 0.25) is 5.91 Å². The second-order valence-electron chi connectivity index (χ2n) is 4.93. The lowest BCUT2D eigenvalue weighted by Crippen LogP contribution is -2.32. The number of ether oxygens (including phenoxy) is 2. The maximum Gasteiger partial charge on any atom is 0.348 e. The zero-order chi connectivity index (χ0) is 16.4. The summed E-state index contributed by atoms with van der Waals surface area (Å²) >= 11 is 1.30. The van der Waals surface area contributed by atoms with E-state index >= 15 is 0 Å². The van der Waals surface area contributed by atoms with Gasteiger partial charge in [-0.2, -0.15) is 0 Å². The third kappa shape index (κ3) is 3.24. The smallest absolute Gasteiger partial charge is 0.348 e. The molecule has 0 spiro atoms. The van der Waals surface area contributed by atoms with Crippen molar-refractivity contribution in [3.05, 3.63) is 40.8 Å². The van der Waals surface area contributed by atoms with E-state index in [4.69, 9.17) is 9.47 Å². The van der Waals surface area contributed by atoms with Crippen molar-refractivity contribution >= 4 is 29.1 Å². The Kier molecular flexibility index (Phi) is 4.12. The quantitative estimate of drug-likeness (QED) is 0.871. The molecule has 6 nitrogen and oxygen atoms in total. The molecule has 2 amide bonds. The molecule has 0 saturated heterocycles. The van der Waals surface area contributed by atoms with Gasteiger partial charge in [-0.25, -0.2) is 4.79 Å². The molecule has 7 heteroatoms. The second-order valence-corrected chi connectivity index (χ2v) is 5.98.